The molecule has 1 aromatic carbocycles. The van der Waals surface area contributed by atoms with Crippen LogP contribution in [0.1, 0.15) is 12.5 Å². The predicted molar refractivity (Wildman–Crippen MR) is 64.5 cm³/mol. The third-order valence-electron chi connectivity index (χ3n) is 2.27. The summed E-state index contributed by atoms with van der Waals surface area (Å²) in [6, 6.07) is 8.22. The first-order chi connectivity index (χ1) is 8.00. The number of hydrogen-bond acceptors (Lipinski definition) is 2. The molecule has 0 aliphatic carbocycles. The van der Waals surface area contributed by atoms with Crippen molar-refractivity contribution < 1.29 is 14.7 Å². The molecule has 0 aliphatic heterocycles. The van der Waals surface area contributed by atoms with E-state index in [1.165, 1.54) is 6.92 Å². The van der Waals surface area contributed by atoms with Crippen LogP contribution >= 0.6 is 0 Å². The van der Waals surface area contributed by atoms with E-state index in [0.29, 0.717) is 5.57 Å². The summed E-state index contributed by atoms with van der Waals surface area (Å²) < 4.78 is 0. The number of carbonyl (C=O) groups is 2. The van der Waals surface area contributed by atoms with E-state index in [1.54, 1.807) is 0 Å². The van der Waals surface area contributed by atoms with Crippen LogP contribution in [-0.2, 0) is 16.0 Å². The maximum Gasteiger partial charge on any atom is 0.326 e. The van der Waals surface area contributed by atoms with Gasteiger partial charge in [-0.2, -0.15) is 0 Å². The van der Waals surface area contributed by atoms with Gasteiger partial charge >= 0.3 is 5.97 Å². The highest BCUT2D eigenvalue weighted by atomic mass is 16.4. The number of nitrogens with one attached hydrogen (secondary N) is 1. The van der Waals surface area contributed by atoms with Gasteiger partial charge in [-0.3, -0.25) is 4.79 Å². The molecular weight excluding hydrogens is 218 g/mol. The maximum absolute atomic E-state index is 11.4. The topological polar surface area (TPSA) is 66.4 Å². The summed E-state index contributed by atoms with van der Waals surface area (Å²) in [6.45, 7) is 5.01. The SMILES string of the molecule is C=C(C)C(=O)N[C@@H](Cc1ccccc1)C(=O)O. The largest absolute Gasteiger partial charge is 0.480 e. The second kappa shape index (κ2) is 5.84. The summed E-state index contributed by atoms with van der Waals surface area (Å²) in [6.07, 6.45) is 0.259. The van der Waals surface area contributed by atoms with Gasteiger partial charge in [-0.25, -0.2) is 4.79 Å². The van der Waals surface area contributed by atoms with Crippen LogP contribution in [0.15, 0.2) is 42.5 Å². The molecule has 1 amide bonds. The van der Waals surface area contributed by atoms with Gasteiger partial charge in [0.15, 0.2) is 0 Å². The molecule has 0 fully saturated rings. The zero-order chi connectivity index (χ0) is 12.8. The normalized spacial score (nSPS) is 11.6. The Kier molecular flexibility index (Phi) is 4.46. The monoisotopic (exact) mass is 233 g/mol. The fourth-order valence-corrected chi connectivity index (χ4v) is 1.33. The van der Waals surface area contributed by atoms with E-state index >= 15 is 0 Å². The number of carboxylic acids is 1. The summed E-state index contributed by atoms with van der Waals surface area (Å²) >= 11 is 0. The van der Waals surface area contributed by atoms with Crippen LogP contribution in [0.25, 0.3) is 0 Å². The van der Waals surface area contributed by atoms with E-state index in [-0.39, 0.29) is 6.42 Å². The van der Waals surface area contributed by atoms with Gasteiger partial charge in [0.05, 0.1) is 0 Å². The van der Waals surface area contributed by atoms with Crippen LogP contribution in [-0.4, -0.2) is 23.0 Å². The fourth-order valence-electron chi connectivity index (χ4n) is 1.33. The molecule has 0 bridgehead atoms. The van der Waals surface area contributed by atoms with Crippen LogP contribution in [0.3, 0.4) is 0 Å². The van der Waals surface area contributed by atoms with Crippen molar-refractivity contribution >= 4 is 11.9 Å². The van der Waals surface area contributed by atoms with Gasteiger partial charge in [-0.05, 0) is 12.5 Å². The second-order valence-electron chi connectivity index (χ2n) is 3.83. The second-order valence-corrected chi connectivity index (χ2v) is 3.83. The maximum atomic E-state index is 11.4. The molecule has 1 atom stereocenters. The Bertz CT molecular complexity index is 426. The van der Waals surface area contributed by atoms with E-state index in [9.17, 15) is 9.59 Å². The van der Waals surface area contributed by atoms with Crippen molar-refractivity contribution in [2.24, 2.45) is 0 Å². The van der Waals surface area contributed by atoms with Crippen LogP contribution in [0.5, 0.6) is 0 Å². The number of benzene rings is 1. The molecule has 4 nitrogen and oxygen atoms in total. The highest BCUT2D eigenvalue weighted by Crippen LogP contribution is 2.04. The summed E-state index contributed by atoms with van der Waals surface area (Å²) in [7, 11) is 0. The Morgan fingerprint density at radius 1 is 1.35 bits per heavy atom. The third-order valence-corrected chi connectivity index (χ3v) is 2.27. The Balaban J connectivity index is 2.71. The van der Waals surface area contributed by atoms with E-state index in [0.717, 1.165) is 5.56 Å². The van der Waals surface area contributed by atoms with E-state index in [2.05, 4.69) is 11.9 Å². The highest BCUT2D eigenvalue weighted by Gasteiger charge is 2.20. The first-order valence-electron chi connectivity index (χ1n) is 5.24. The number of hydrogen-bond donors (Lipinski definition) is 2. The lowest BCUT2D eigenvalue weighted by atomic mass is 10.1. The molecule has 0 saturated carbocycles. The molecule has 90 valence electrons. The van der Waals surface area contributed by atoms with Crippen molar-refractivity contribution in [3.63, 3.8) is 0 Å². The zero-order valence-corrected chi connectivity index (χ0v) is 9.64. The molecule has 0 unspecified atom stereocenters. The van der Waals surface area contributed by atoms with E-state index in [4.69, 9.17) is 5.11 Å². The summed E-state index contributed by atoms with van der Waals surface area (Å²) in [5.74, 6) is -1.49. The van der Waals surface area contributed by atoms with E-state index < -0.39 is 17.9 Å². The van der Waals surface area contributed by atoms with Crippen molar-refractivity contribution in [1.29, 1.82) is 0 Å². The third kappa shape index (κ3) is 4.10. The Labute approximate surface area is 100.0 Å². The van der Waals surface area contributed by atoms with Gasteiger partial charge in [0.25, 0.3) is 0 Å². The number of carbonyl (C=O) groups excluding carboxylic acids is 1. The molecule has 2 N–H and O–H groups in total. The van der Waals surface area contributed by atoms with Crippen molar-refractivity contribution in [3.05, 3.63) is 48.0 Å². The summed E-state index contributed by atoms with van der Waals surface area (Å²) in [5, 5.41) is 11.4. The van der Waals surface area contributed by atoms with Crippen LogP contribution in [0.4, 0.5) is 0 Å². The molecule has 4 heteroatoms. The number of carboxylic acid groups (broad SMARTS) is 1. The lowest BCUT2D eigenvalue weighted by Gasteiger charge is -2.14. The highest BCUT2D eigenvalue weighted by molar-refractivity contribution is 5.94. The predicted octanol–water partition coefficient (Wildman–Crippen LogP) is 1.37. The van der Waals surface area contributed by atoms with Crippen LogP contribution in [0.2, 0.25) is 0 Å². The molecule has 1 rings (SSSR count). The van der Waals surface area contributed by atoms with Crippen LogP contribution < -0.4 is 5.32 Å². The molecule has 0 saturated heterocycles. The quantitative estimate of drug-likeness (QED) is 0.755. The number of aliphatic carboxylic acids is 1. The molecule has 0 aromatic heterocycles. The van der Waals surface area contributed by atoms with Gasteiger partial charge in [-0.1, -0.05) is 36.9 Å². The molecule has 0 radical (unpaired) electrons. The zero-order valence-electron chi connectivity index (χ0n) is 9.64. The van der Waals surface area contributed by atoms with Crippen molar-refractivity contribution in [3.8, 4) is 0 Å². The van der Waals surface area contributed by atoms with E-state index in [1.807, 2.05) is 30.3 Å². The van der Waals surface area contributed by atoms with Gasteiger partial charge in [-0.15, -0.1) is 0 Å². The fraction of sp³-hybridized carbons (Fsp3) is 0.231. The van der Waals surface area contributed by atoms with Crippen molar-refractivity contribution in [1.82, 2.24) is 5.32 Å². The van der Waals surface area contributed by atoms with Gasteiger partial charge in [0.2, 0.25) is 5.91 Å². The molecular formula is C13H15NO3. The number of amides is 1. The van der Waals surface area contributed by atoms with Gasteiger partial charge in [0, 0.05) is 12.0 Å². The molecule has 0 aliphatic rings. The van der Waals surface area contributed by atoms with Crippen molar-refractivity contribution in [2.75, 3.05) is 0 Å². The Morgan fingerprint density at radius 2 is 1.94 bits per heavy atom. The Hall–Kier alpha value is -2.10. The minimum atomic E-state index is -1.05. The smallest absolute Gasteiger partial charge is 0.326 e. The van der Waals surface area contributed by atoms with Gasteiger partial charge < -0.3 is 10.4 Å². The number of rotatable bonds is 5. The first kappa shape index (κ1) is 13.0. The molecule has 17 heavy (non-hydrogen) atoms. The van der Waals surface area contributed by atoms with Crippen LogP contribution in [0, 0.1) is 0 Å². The average Bonchev–Trinajstić information content (AvgIpc) is 2.29. The molecule has 1 aromatic rings. The van der Waals surface area contributed by atoms with Crippen molar-refractivity contribution in [2.45, 2.75) is 19.4 Å². The Morgan fingerprint density at radius 3 is 2.41 bits per heavy atom. The minimum Gasteiger partial charge on any atom is -0.480 e. The molecule has 0 heterocycles. The average molecular weight is 233 g/mol. The lowest BCUT2D eigenvalue weighted by Crippen LogP contribution is -2.42. The van der Waals surface area contributed by atoms with Gasteiger partial charge in [0.1, 0.15) is 6.04 Å². The first-order valence-corrected chi connectivity index (χ1v) is 5.24. The lowest BCUT2D eigenvalue weighted by molar-refractivity contribution is -0.141. The standard InChI is InChI=1S/C13H15NO3/c1-9(2)12(15)14-11(13(16)17)8-10-6-4-3-5-7-10/h3-7,11H,1,8H2,2H3,(H,14,15)(H,16,17)/t11-/m0/s1. The summed E-state index contributed by atoms with van der Waals surface area (Å²) in [4.78, 5) is 22.4. The summed E-state index contributed by atoms with van der Waals surface area (Å²) in [5.41, 5.74) is 1.16. The molecule has 0 spiro atoms. The minimum absolute atomic E-state index is 0.259.